The number of amides is 2. The Morgan fingerprint density at radius 1 is 1.24 bits per heavy atom. The maximum absolute atomic E-state index is 15.8. The lowest BCUT2D eigenvalue weighted by molar-refractivity contribution is -0.127. The fourth-order valence-corrected chi connectivity index (χ4v) is 7.24. The number of carbonyl (C=O) groups is 2. The molecule has 0 radical (unpaired) electrons. The molecular formula is C28H33Cl2F2N3O3. The Morgan fingerprint density at radius 2 is 1.92 bits per heavy atom. The topological polar surface area (TPSA) is 90.5 Å². The minimum absolute atomic E-state index is 0.0595. The molecule has 1 aromatic carbocycles. The molecule has 0 unspecified atom stereocenters. The summed E-state index contributed by atoms with van der Waals surface area (Å²) in [4.78, 5) is 27.9. The van der Waals surface area contributed by atoms with Gasteiger partial charge in [0.25, 0.3) is 0 Å². The zero-order valence-electron chi connectivity index (χ0n) is 21.9. The van der Waals surface area contributed by atoms with E-state index in [-0.39, 0.29) is 33.5 Å². The Kier molecular flexibility index (Phi) is 6.74. The van der Waals surface area contributed by atoms with E-state index in [4.69, 9.17) is 23.2 Å². The van der Waals surface area contributed by atoms with Crippen molar-refractivity contribution in [3.8, 4) is 0 Å². The molecule has 2 aliphatic heterocycles. The summed E-state index contributed by atoms with van der Waals surface area (Å²) < 4.78 is 30.7. The molecule has 2 fully saturated rings. The largest absolute Gasteiger partial charge is 0.390 e. The highest BCUT2D eigenvalue weighted by Crippen LogP contribution is 2.57. The summed E-state index contributed by atoms with van der Waals surface area (Å²) in [6.45, 7) is 7.74. The molecule has 4 N–H and O–H groups in total. The molecule has 0 aromatic heterocycles. The van der Waals surface area contributed by atoms with E-state index >= 15 is 4.39 Å². The van der Waals surface area contributed by atoms with Crippen LogP contribution in [0.4, 0.5) is 14.5 Å². The van der Waals surface area contributed by atoms with Crippen molar-refractivity contribution in [1.82, 2.24) is 10.6 Å². The average Bonchev–Trinajstić information content (AvgIpc) is 3.24. The number of nitrogens with one attached hydrogen (secondary N) is 3. The summed E-state index contributed by atoms with van der Waals surface area (Å²) in [7, 11) is 0. The second kappa shape index (κ2) is 9.29. The van der Waals surface area contributed by atoms with E-state index < -0.39 is 52.5 Å². The second-order valence-corrected chi connectivity index (χ2v) is 13.4. The maximum Gasteiger partial charge on any atom is 0.238 e. The lowest BCUT2D eigenvalue weighted by Crippen LogP contribution is -2.57. The van der Waals surface area contributed by atoms with Crippen molar-refractivity contribution in [2.24, 2.45) is 11.3 Å². The first-order valence-corrected chi connectivity index (χ1v) is 13.7. The van der Waals surface area contributed by atoms with Crippen LogP contribution in [0.3, 0.4) is 0 Å². The molecule has 2 amide bonds. The van der Waals surface area contributed by atoms with E-state index in [0.29, 0.717) is 36.9 Å². The molecule has 10 heteroatoms. The van der Waals surface area contributed by atoms with E-state index in [9.17, 15) is 19.1 Å². The zero-order valence-corrected chi connectivity index (χ0v) is 23.4. The highest BCUT2D eigenvalue weighted by molar-refractivity contribution is 6.32. The van der Waals surface area contributed by atoms with Crippen molar-refractivity contribution in [3.63, 3.8) is 0 Å². The second-order valence-electron chi connectivity index (χ2n) is 12.6. The van der Waals surface area contributed by atoms with Crippen molar-refractivity contribution < 1.29 is 23.5 Å². The normalized spacial score (nSPS) is 34.7. The van der Waals surface area contributed by atoms with Crippen LogP contribution in [0, 0.1) is 17.2 Å². The summed E-state index contributed by atoms with van der Waals surface area (Å²) >= 11 is 12.3. The van der Waals surface area contributed by atoms with Crippen LogP contribution in [-0.2, 0) is 15.0 Å². The molecule has 1 saturated carbocycles. The third kappa shape index (κ3) is 4.47. The van der Waals surface area contributed by atoms with E-state index in [1.165, 1.54) is 12.1 Å². The molecular weight excluding hydrogens is 535 g/mol. The van der Waals surface area contributed by atoms with E-state index in [2.05, 4.69) is 16.0 Å². The molecule has 2 heterocycles. The number of aliphatic hydroxyl groups is 1. The molecule has 1 spiro atoms. The van der Waals surface area contributed by atoms with Crippen LogP contribution >= 0.6 is 23.2 Å². The lowest BCUT2D eigenvalue weighted by Gasteiger charge is -2.42. The first kappa shape index (κ1) is 27.6. The number of halogens is 4. The Bertz CT molecular complexity index is 1260. The fourth-order valence-electron chi connectivity index (χ4n) is 6.85. The van der Waals surface area contributed by atoms with Crippen molar-refractivity contribution in [2.45, 2.75) is 88.9 Å². The van der Waals surface area contributed by atoms with Gasteiger partial charge in [-0.15, -0.1) is 0 Å². The van der Waals surface area contributed by atoms with E-state index in [0.717, 1.165) is 0 Å². The van der Waals surface area contributed by atoms with Crippen molar-refractivity contribution in [2.75, 3.05) is 5.32 Å². The summed E-state index contributed by atoms with van der Waals surface area (Å²) in [6, 6.07) is 0.743. The predicted molar refractivity (Wildman–Crippen MR) is 143 cm³/mol. The van der Waals surface area contributed by atoms with Gasteiger partial charge in [-0.3, -0.25) is 9.59 Å². The van der Waals surface area contributed by atoms with Gasteiger partial charge >= 0.3 is 0 Å². The molecule has 1 aromatic rings. The Balaban J connectivity index is 1.69. The van der Waals surface area contributed by atoms with Gasteiger partial charge < -0.3 is 21.1 Å². The number of anilines is 1. The van der Waals surface area contributed by atoms with Crippen molar-refractivity contribution in [1.29, 1.82) is 0 Å². The molecule has 1 saturated heterocycles. The van der Waals surface area contributed by atoms with Crippen LogP contribution in [0.2, 0.25) is 5.02 Å². The molecule has 4 atom stereocenters. The van der Waals surface area contributed by atoms with Gasteiger partial charge in [0, 0.05) is 23.7 Å². The third-order valence-electron chi connectivity index (χ3n) is 8.31. The van der Waals surface area contributed by atoms with Crippen LogP contribution in [0.15, 0.2) is 34.6 Å². The Hall–Kier alpha value is -2.00. The van der Waals surface area contributed by atoms with Crippen LogP contribution in [0.25, 0.3) is 0 Å². The molecule has 38 heavy (non-hydrogen) atoms. The van der Waals surface area contributed by atoms with E-state index in [1.54, 1.807) is 13.0 Å². The Labute approximate surface area is 231 Å². The van der Waals surface area contributed by atoms with Crippen molar-refractivity contribution >= 4 is 40.7 Å². The summed E-state index contributed by atoms with van der Waals surface area (Å²) in [5.41, 5.74) is -1.67. The summed E-state index contributed by atoms with van der Waals surface area (Å²) in [6.07, 6.45) is 3.52. The van der Waals surface area contributed by atoms with Crippen LogP contribution in [0.5, 0.6) is 0 Å². The SMILES string of the molecule is CC(C)(C)C[C@H]1N[C@@H](C(=O)NC2CC(C)(O)C2)[C@H](C2=C(F)C(Cl)=CCC2)[C@@]12C(=O)Nc1cc(Cl)c(F)cc12. The summed E-state index contributed by atoms with van der Waals surface area (Å²) in [5.74, 6) is -3.16. The van der Waals surface area contributed by atoms with Gasteiger partial charge in [-0.05, 0) is 67.7 Å². The van der Waals surface area contributed by atoms with Crippen LogP contribution in [-0.4, -0.2) is 40.6 Å². The molecule has 206 valence electrons. The third-order valence-corrected chi connectivity index (χ3v) is 8.92. The number of fused-ring (bicyclic) bond motifs is 2. The van der Waals surface area contributed by atoms with E-state index in [1.807, 2.05) is 20.8 Å². The number of carbonyl (C=O) groups excluding carboxylic acids is 2. The van der Waals surface area contributed by atoms with Gasteiger partial charge in [-0.2, -0.15) is 0 Å². The van der Waals surface area contributed by atoms with Gasteiger partial charge in [-0.1, -0.05) is 50.0 Å². The average molecular weight is 568 g/mol. The maximum atomic E-state index is 15.8. The number of rotatable bonds is 4. The minimum atomic E-state index is -1.48. The molecule has 4 aliphatic rings. The monoisotopic (exact) mass is 567 g/mol. The smallest absolute Gasteiger partial charge is 0.238 e. The number of hydrogen-bond donors (Lipinski definition) is 4. The van der Waals surface area contributed by atoms with Gasteiger partial charge in [-0.25, -0.2) is 8.78 Å². The quantitative estimate of drug-likeness (QED) is 0.401. The Morgan fingerprint density at radius 3 is 2.55 bits per heavy atom. The summed E-state index contributed by atoms with van der Waals surface area (Å²) in [5, 5.41) is 19.2. The molecule has 5 rings (SSSR count). The first-order chi connectivity index (χ1) is 17.6. The number of benzene rings is 1. The number of hydrogen-bond acceptors (Lipinski definition) is 4. The van der Waals surface area contributed by atoms with Crippen LogP contribution < -0.4 is 16.0 Å². The highest BCUT2D eigenvalue weighted by Gasteiger charge is 2.67. The van der Waals surface area contributed by atoms with Crippen LogP contribution in [0.1, 0.15) is 65.4 Å². The fraction of sp³-hybridized carbons (Fsp3) is 0.571. The number of allylic oxidation sites excluding steroid dienone is 3. The molecule has 0 bridgehead atoms. The highest BCUT2D eigenvalue weighted by atomic mass is 35.5. The molecule has 2 aliphatic carbocycles. The standard InChI is InChI=1S/C28H33Cl2F2N3O3/c1-26(2,3)12-20-28(15-8-18(31)17(30)9-19(15)34-25(28)37)21(14-6-5-7-16(29)22(14)32)23(35-20)24(36)33-13-10-27(4,38)11-13/h7-9,13,20-21,23,35,38H,5-6,10-12H2,1-4H3,(H,33,36)(H,34,37)/t13?,20-,21+,23-,27?,28+/m1/s1. The van der Waals surface area contributed by atoms with Crippen molar-refractivity contribution in [3.05, 3.63) is 51.0 Å². The zero-order chi connectivity index (χ0) is 27.8. The van der Waals surface area contributed by atoms with Gasteiger partial charge in [0.15, 0.2) is 0 Å². The predicted octanol–water partition coefficient (Wildman–Crippen LogP) is 5.23. The van der Waals surface area contributed by atoms with Gasteiger partial charge in [0.1, 0.15) is 17.1 Å². The van der Waals surface area contributed by atoms with Gasteiger partial charge in [0.2, 0.25) is 11.8 Å². The minimum Gasteiger partial charge on any atom is -0.390 e. The lowest BCUT2D eigenvalue weighted by atomic mass is 9.61. The molecule has 6 nitrogen and oxygen atoms in total. The first-order valence-electron chi connectivity index (χ1n) is 13.0. The van der Waals surface area contributed by atoms with Gasteiger partial charge in [0.05, 0.1) is 21.7 Å².